The Kier molecular flexibility index (Phi) is 12.7. The van der Waals surface area contributed by atoms with E-state index in [1.165, 1.54) is 48.8 Å². The fourth-order valence-corrected chi connectivity index (χ4v) is 3.99. The topological polar surface area (TPSA) is 40.1 Å². The highest BCUT2D eigenvalue weighted by Gasteiger charge is 2.10. The number of allylic oxidation sites excluding steroid dienone is 8. The molecule has 170 valence electrons. The van der Waals surface area contributed by atoms with Gasteiger partial charge in [-0.15, -0.1) is 0 Å². The summed E-state index contributed by atoms with van der Waals surface area (Å²) in [5.41, 5.74) is 5.99. The van der Waals surface area contributed by atoms with Gasteiger partial charge in [-0.25, -0.2) is 0 Å². The largest absolute Gasteiger partial charge is 0.550 e. The summed E-state index contributed by atoms with van der Waals surface area (Å²) in [4.78, 5) is 10.7. The van der Waals surface area contributed by atoms with Crippen LogP contribution in [-0.4, -0.2) is 5.97 Å². The Bertz CT molecular complexity index is 648. The van der Waals surface area contributed by atoms with Crippen molar-refractivity contribution < 1.29 is 9.90 Å². The van der Waals surface area contributed by atoms with Crippen molar-refractivity contribution in [2.24, 2.45) is 17.8 Å². The molecule has 1 aliphatic carbocycles. The molecule has 0 fully saturated rings. The third kappa shape index (κ3) is 11.6. The first-order chi connectivity index (χ1) is 14.2. The van der Waals surface area contributed by atoms with Crippen LogP contribution in [0.15, 0.2) is 46.6 Å². The van der Waals surface area contributed by atoms with E-state index < -0.39 is 5.97 Å². The highest BCUT2D eigenvalue weighted by Crippen LogP contribution is 2.27. The maximum Gasteiger partial charge on any atom is 0.0442 e. The van der Waals surface area contributed by atoms with Gasteiger partial charge in [0.15, 0.2) is 0 Å². The molecule has 0 aliphatic heterocycles. The van der Waals surface area contributed by atoms with Crippen LogP contribution in [0.5, 0.6) is 0 Å². The molecule has 1 aliphatic rings. The van der Waals surface area contributed by atoms with Crippen LogP contribution in [0.4, 0.5) is 0 Å². The summed E-state index contributed by atoms with van der Waals surface area (Å²) in [7, 11) is 0. The van der Waals surface area contributed by atoms with Crippen molar-refractivity contribution in [1.29, 1.82) is 0 Å². The van der Waals surface area contributed by atoms with E-state index in [9.17, 15) is 9.90 Å². The average molecular weight is 414 g/mol. The first-order valence-corrected chi connectivity index (χ1v) is 12.1. The van der Waals surface area contributed by atoms with Crippen LogP contribution in [0.25, 0.3) is 0 Å². The van der Waals surface area contributed by atoms with E-state index in [2.05, 4.69) is 58.9 Å². The minimum absolute atomic E-state index is 0.334. The fourth-order valence-electron chi connectivity index (χ4n) is 3.99. The van der Waals surface area contributed by atoms with E-state index >= 15 is 0 Å². The zero-order valence-electron chi connectivity index (χ0n) is 20.4. The molecule has 0 aromatic rings. The van der Waals surface area contributed by atoms with E-state index in [1.54, 1.807) is 12.5 Å². The molecule has 30 heavy (non-hydrogen) atoms. The quantitative estimate of drug-likeness (QED) is 0.280. The number of carbonyl (C=O) groups is 1. The minimum Gasteiger partial charge on any atom is -0.550 e. The normalized spacial score (nSPS) is 19.9. The third-order valence-electron chi connectivity index (χ3n) is 6.67. The molecule has 3 unspecified atom stereocenters. The maximum absolute atomic E-state index is 10.7. The molecule has 1 rings (SSSR count). The smallest absolute Gasteiger partial charge is 0.0442 e. The molecular weight excluding hydrogens is 368 g/mol. The number of carboxylic acid groups (broad SMARTS) is 1. The van der Waals surface area contributed by atoms with Crippen molar-refractivity contribution in [3.63, 3.8) is 0 Å². The number of aliphatic carboxylic acids is 1. The summed E-state index contributed by atoms with van der Waals surface area (Å²) >= 11 is 0. The van der Waals surface area contributed by atoms with Gasteiger partial charge in [-0.05, 0) is 96.3 Å². The van der Waals surface area contributed by atoms with Crippen molar-refractivity contribution in [1.82, 2.24) is 0 Å². The Balaban J connectivity index is 2.17. The zero-order chi connectivity index (χ0) is 22.5. The lowest BCUT2D eigenvalue weighted by molar-refractivity contribution is -0.311. The van der Waals surface area contributed by atoms with Crippen LogP contribution in [0.2, 0.25) is 0 Å². The molecule has 0 aromatic carbocycles. The maximum atomic E-state index is 10.7. The summed E-state index contributed by atoms with van der Waals surface area (Å²) < 4.78 is 0. The second-order valence-corrected chi connectivity index (χ2v) is 9.83. The first-order valence-electron chi connectivity index (χ1n) is 12.1. The van der Waals surface area contributed by atoms with Gasteiger partial charge in [0, 0.05) is 5.97 Å². The molecule has 2 heteroatoms. The monoisotopic (exact) mass is 413 g/mol. The van der Waals surface area contributed by atoms with Gasteiger partial charge in [-0.1, -0.05) is 73.8 Å². The van der Waals surface area contributed by atoms with Crippen molar-refractivity contribution in [3.8, 4) is 0 Å². The number of rotatable bonds is 14. The van der Waals surface area contributed by atoms with Gasteiger partial charge in [-0.3, -0.25) is 0 Å². The molecule has 2 nitrogen and oxygen atoms in total. The fraction of sp³-hybridized carbons (Fsp3) is 0.679. The Morgan fingerprint density at radius 1 is 1.07 bits per heavy atom. The average Bonchev–Trinajstić information content (AvgIpc) is 2.68. The van der Waals surface area contributed by atoms with Crippen LogP contribution in [0.1, 0.15) is 106 Å². The molecule has 0 saturated heterocycles. The second kappa shape index (κ2) is 14.4. The summed E-state index contributed by atoms with van der Waals surface area (Å²) in [6.07, 6.45) is 20.5. The van der Waals surface area contributed by atoms with E-state index in [-0.39, 0.29) is 5.92 Å². The van der Waals surface area contributed by atoms with Gasteiger partial charge in [-0.2, -0.15) is 0 Å². The highest BCUT2D eigenvalue weighted by atomic mass is 16.4. The van der Waals surface area contributed by atoms with E-state index in [0.29, 0.717) is 12.3 Å². The standard InChI is InChI=1S/C28H46O2/c1-21(10-7-11-22(2)14-9-15-25(5)28(29)30)12-8-13-23(3)16-18-27-19-17-24(4)26(6)20-27/h11,16-17,19,21,25-26H,7-10,12-15,18,20H2,1-6H3,(H,29,30)/p-1/b22-11+,23-16+. The van der Waals surface area contributed by atoms with Crippen LogP contribution in [0, 0.1) is 17.8 Å². The highest BCUT2D eigenvalue weighted by molar-refractivity contribution is 5.66. The van der Waals surface area contributed by atoms with Gasteiger partial charge >= 0.3 is 0 Å². The minimum atomic E-state index is -0.927. The molecule has 0 aromatic heterocycles. The third-order valence-corrected chi connectivity index (χ3v) is 6.67. The number of carbonyl (C=O) groups excluding carboxylic acids is 1. The van der Waals surface area contributed by atoms with E-state index in [0.717, 1.165) is 31.6 Å². The van der Waals surface area contributed by atoms with Crippen molar-refractivity contribution in [2.75, 3.05) is 0 Å². The molecule has 3 atom stereocenters. The van der Waals surface area contributed by atoms with Crippen LogP contribution in [-0.2, 0) is 4.79 Å². The first kappa shape index (κ1) is 26.5. The van der Waals surface area contributed by atoms with Crippen molar-refractivity contribution in [2.45, 2.75) is 106 Å². The summed E-state index contributed by atoms with van der Waals surface area (Å²) in [6.45, 7) is 13.1. The lowest BCUT2D eigenvalue weighted by atomic mass is 9.88. The molecule has 0 amide bonds. The molecule has 0 spiro atoms. The molecule has 0 radical (unpaired) electrons. The summed E-state index contributed by atoms with van der Waals surface area (Å²) in [5.74, 6) is 0.195. The van der Waals surface area contributed by atoms with Gasteiger partial charge in [0.1, 0.15) is 0 Å². The zero-order valence-corrected chi connectivity index (χ0v) is 20.4. The summed E-state index contributed by atoms with van der Waals surface area (Å²) in [5, 5.41) is 10.7. The van der Waals surface area contributed by atoms with Crippen LogP contribution < -0.4 is 5.11 Å². The van der Waals surface area contributed by atoms with Gasteiger partial charge in [0.25, 0.3) is 0 Å². The van der Waals surface area contributed by atoms with Crippen molar-refractivity contribution in [3.05, 3.63) is 46.6 Å². The molecule has 0 N–H and O–H groups in total. The lowest BCUT2D eigenvalue weighted by Crippen LogP contribution is -2.29. The summed E-state index contributed by atoms with van der Waals surface area (Å²) in [6, 6.07) is 0. The van der Waals surface area contributed by atoms with Crippen LogP contribution in [0.3, 0.4) is 0 Å². The van der Waals surface area contributed by atoms with Crippen molar-refractivity contribution >= 4 is 5.97 Å². The number of hydrogen-bond donors (Lipinski definition) is 0. The Morgan fingerprint density at radius 2 is 1.70 bits per heavy atom. The molecule has 0 bridgehead atoms. The predicted octanol–water partition coefficient (Wildman–Crippen LogP) is 7.32. The lowest BCUT2D eigenvalue weighted by Gasteiger charge is -2.18. The SMILES string of the molecule is CC1=CC=C(C/C=C(\C)CCCC(C)CC/C=C(\C)CCCC(C)C(=O)[O-])CC1C. The van der Waals surface area contributed by atoms with E-state index in [4.69, 9.17) is 0 Å². The number of hydrogen-bond acceptors (Lipinski definition) is 2. The predicted molar refractivity (Wildman–Crippen MR) is 128 cm³/mol. The molecule has 0 saturated carbocycles. The molecular formula is C28H45O2-. The van der Waals surface area contributed by atoms with Crippen LogP contribution >= 0.6 is 0 Å². The second-order valence-electron chi connectivity index (χ2n) is 9.83. The van der Waals surface area contributed by atoms with Gasteiger partial charge < -0.3 is 9.90 Å². The molecule has 0 heterocycles. The van der Waals surface area contributed by atoms with Gasteiger partial charge in [0.2, 0.25) is 0 Å². The van der Waals surface area contributed by atoms with Gasteiger partial charge in [0.05, 0.1) is 0 Å². The number of carboxylic acids is 1. The van der Waals surface area contributed by atoms with E-state index in [1.807, 2.05) is 0 Å². The Labute approximate surface area is 186 Å². The Morgan fingerprint density at radius 3 is 2.33 bits per heavy atom. The Hall–Kier alpha value is -1.57.